The van der Waals surface area contributed by atoms with Crippen molar-refractivity contribution in [2.24, 2.45) is 18.9 Å². The third kappa shape index (κ3) is 3.11. The number of hydrogen-bond acceptors (Lipinski definition) is 3. The molecule has 1 saturated heterocycles. The molecule has 1 fully saturated rings. The van der Waals surface area contributed by atoms with Crippen LogP contribution >= 0.6 is 0 Å². The van der Waals surface area contributed by atoms with Gasteiger partial charge in [0, 0.05) is 44.5 Å². The maximum atomic E-state index is 4.60. The van der Waals surface area contributed by atoms with Crippen LogP contribution in [-0.4, -0.2) is 35.0 Å². The van der Waals surface area contributed by atoms with Crippen LogP contribution in [0.4, 0.5) is 5.82 Å². The van der Waals surface area contributed by atoms with Gasteiger partial charge in [-0.15, -0.1) is 0 Å². The van der Waals surface area contributed by atoms with Crippen LogP contribution < -0.4 is 10.2 Å². The maximum absolute atomic E-state index is 4.60. The fourth-order valence-electron chi connectivity index (χ4n) is 2.87. The van der Waals surface area contributed by atoms with Crippen molar-refractivity contribution in [2.45, 2.75) is 46.2 Å². The largest absolute Gasteiger partial charge is 0.349 e. The highest BCUT2D eigenvalue weighted by Gasteiger charge is 2.32. The van der Waals surface area contributed by atoms with E-state index in [1.165, 1.54) is 6.42 Å². The summed E-state index contributed by atoms with van der Waals surface area (Å²) in [5, 5.41) is 8.33. The molecule has 0 aliphatic carbocycles. The molecule has 1 N–H and O–H groups in total. The van der Waals surface area contributed by atoms with E-state index < -0.39 is 0 Å². The number of piperazine rings is 1. The number of hydrogen-bond donors (Lipinski definition) is 1. The van der Waals surface area contributed by atoms with Gasteiger partial charge in [-0.1, -0.05) is 34.1 Å². The zero-order valence-corrected chi connectivity index (χ0v) is 12.9. The van der Waals surface area contributed by atoms with Crippen LogP contribution in [0.15, 0.2) is 12.3 Å². The number of aryl methyl sites for hydroxylation is 1. The highest BCUT2D eigenvalue weighted by Crippen LogP contribution is 2.24. The molecule has 4 nitrogen and oxygen atoms in total. The van der Waals surface area contributed by atoms with Gasteiger partial charge in [0.15, 0.2) is 5.82 Å². The molecule has 0 saturated carbocycles. The first-order chi connectivity index (χ1) is 9.02. The van der Waals surface area contributed by atoms with Crippen LogP contribution in [-0.2, 0) is 7.05 Å². The molecule has 1 aliphatic rings. The Kier molecular flexibility index (Phi) is 4.50. The van der Waals surface area contributed by atoms with Crippen molar-refractivity contribution in [1.82, 2.24) is 15.1 Å². The molecule has 108 valence electrons. The van der Waals surface area contributed by atoms with Crippen molar-refractivity contribution in [3.63, 3.8) is 0 Å². The topological polar surface area (TPSA) is 33.1 Å². The highest BCUT2D eigenvalue weighted by atomic mass is 15.4. The Bertz CT molecular complexity index is 399. The zero-order valence-electron chi connectivity index (χ0n) is 12.9. The van der Waals surface area contributed by atoms with Crippen LogP contribution in [0.1, 0.15) is 34.1 Å². The lowest BCUT2D eigenvalue weighted by atomic mass is 9.92. The van der Waals surface area contributed by atoms with E-state index >= 15 is 0 Å². The van der Waals surface area contributed by atoms with Crippen molar-refractivity contribution in [1.29, 1.82) is 0 Å². The summed E-state index contributed by atoms with van der Waals surface area (Å²) in [6.07, 6.45) is 3.26. The molecule has 3 atom stereocenters. The van der Waals surface area contributed by atoms with E-state index in [0.29, 0.717) is 23.9 Å². The summed E-state index contributed by atoms with van der Waals surface area (Å²) < 4.78 is 1.90. The van der Waals surface area contributed by atoms with Crippen molar-refractivity contribution < 1.29 is 0 Å². The fraction of sp³-hybridized carbons (Fsp3) is 0.800. The minimum absolute atomic E-state index is 0.537. The van der Waals surface area contributed by atoms with Gasteiger partial charge in [-0.05, 0) is 11.8 Å². The molecule has 2 rings (SSSR count). The van der Waals surface area contributed by atoms with Gasteiger partial charge in [0.25, 0.3) is 0 Å². The quantitative estimate of drug-likeness (QED) is 0.905. The SMILES string of the molecule is CCC(C)C1CN(c2ccn(C)n2)C(C(C)C)CN1. The van der Waals surface area contributed by atoms with Crippen LogP contribution in [0, 0.1) is 11.8 Å². The van der Waals surface area contributed by atoms with Gasteiger partial charge in [-0.2, -0.15) is 5.10 Å². The molecular formula is C15H28N4. The molecule has 2 heterocycles. The Labute approximate surface area is 117 Å². The Morgan fingerprint density at radius 3 is 2.68 bits per heavy atom. The molecule has 0 spiro atoms. The predicted molar refractivity (Wildman–Crippen MR) is 80.4 cm³/mol. The third-order valence-corrected chi connectivity index (χ3v) is 4.48. The second-order valence-electron chi connectivity index (χ2n) is 6.21. The van der Waals surface area contributed by atoms with Crippen LogP contribution in [0.5, 0.6) is 0 Å². The van der Waals surface area contributed by atoms with Crippen molar-refractivity contribution in [3.8, 4) is 0 Å². The number of nitrogens with zero attached hydrogens (tertiary/aromatic N) is 3. The van der Waals surface area contributed by atoms with Gasteiger partial charge in [0.1, 0.15) is 0 Å². The first-order valence-electron chi connectivity index (χ1n) is 7.52. The standard InChI is InChI=1S/C15H28N4/c1-6-12(4)13-10-19(14(9-16-13)11(2)3)15-7-8-18(5)17-15/h7-8,11-14,16H,6,9-10H2,1-5H3. The monoisotopic (exact) mass is 264 g/mol. The zero-order chi connectivity index (χ0) is 14.0. The predicted octanol–water partition coefficient (Wildman–Crippen LogP) is 2.27. The lowest BCUT2D eigenvalue weighted by molar-refractivity contribution is 0.280. The normalized spacial score (nSPS) is 25.9. The van der Waals surface area contributed by atoms with Crippen molar-refractivity contribution in [3.05, 3.63) is 12.3 Å². The molecule has 1 aromatic heterocycles. The van der Waals surface area contributed by atoms with E-state index in [1.54, 1.807) is 0 Å². The number of nitrogens with one attached hydrogen (secondary N) is 1. The first kappa shape index (κ1) is 14.4. The molecule has 3 unspecified atom stereocenters. The van der Waals surface area contributed by atoms with Gasteiger partial charge in [-0.3, -0.25) is 4.68 Å². The lowest BCUT2D eigenvalue weighted by Crippen LogP contribution is -2.60. The number of rotatable bonds is 4. The van der Waals surface area contributed by atoms with E-state index in [-0.39, 0.29) is 0 Å². The molecule has 4 heteroatoms. The molecule has 1 aliphatic heterocycles. The number of aromatic nitrogens is 2. The van der Waals surface area contributed by atoms with Crippen LogP contribution in [0.2, 0.25) is 0 Å². The maximum Gasteiger partial charge on any atom is 0.150 e. The first-order valence-corrected chi connectivity index (χ1v) is 7.52. The molecule has 0 radical (unpaired) electrons. The van der Waals surface area contributed by atoms with Gasteiger partial charge < -0.3 is 10.2 Å². The summed E-state index contributed by atoms with van der Waals surface area (Å²) in [5.41, 5.74) is 0. The van der Waals surface area contributed by atoms with Gasteiger partial charge >= 0.3 is 0 Å². The molecule has 0 aromatic carbocycles. The Morgan fingerprint density at radius 2 is 2.16 bits per heavy atom. The van der Waals surface area contributed by atoms with Crippen molar-refractivity contribution >= 4 is 5.82 Å². The summed E-state index contributed by atoms with van der Waals surface area (Å²) in [7, 11) is 1.99. The minimum atomic E-state index is 0.537. The summed E-state index contributed by atoms with van der Waals surface area (Å²) in [6, 6.07) is 3.24. The molecule has 0 bridgehead atoms. The summed E-state index contributed by atoms with van der Waals surface area (Å²) in [6.45, 7) is 11.3. The summed E-state index contributed by atoms with van der Waals surface area (Å²) >= 11 is 0. The van der Waals surface area contributed by atoms with Gasteiger partial charge in [-0.25, -0.2) is 0 Å². The van der Waals surface area contributed by atoms with E-state index in [9.17, 15) is 0 Å². The second kappa shape index (κ2) is 5.95. The fourth-order valence-corrected chi connectivity index (χ4v) is 2.87. The average molecular weight is 264 g/mol. The second-order valence-corrected chi connectivity index (χ2v) is 6.21. The average Bonchev–Trinajstić information content (AvgIpc) is 2.83. The summed E-state index contributed by atoms with van der Waals surface area (Å²) in [5.74, 6) is 2.46. The van der Waals surface area contributed by atoms with E-state index in [4.69, 9.17) is 0 Å². The smallest absolute Gasteiger partial charge is 0.150 e. The van der Waals surface area contributed by atoms with Gasteiger partial charge in [0.2, 0.25) is 0 Å². The van der Waals surface area contributed by atoms with E-state index in [2.05, 4.69) is 49.1 Å². The highest BCUT2D eigenvalue weighted by molar-refractivity contribution is 5.40. The van der Waals surface area contributed by atoms with E-state index in [1.807, 2.05) is 17.9 Å². The molecular weight excluding hydrogens is 236 g/mol. The van der Waals surface area contributed by atoms with Gasteiger partial charge in [0.05, 0.1) is 0 Å². The molecule has 19 heavy (non-hydrogen) atoms. The van der Waals surface area contributed by atoms with Crippen LogP contribution in [0.3, 0.4) is 0 Å². The lowest BCUT2D eigenvalue weighted by Gasteiger charge is -2.44. The van der Waals surface area contributed by atoms with Crippen molar-refractivity contribution in [2.75, 3.05) is 18.0 Å². The number of anilines is 1. The minimum Gasteiger partial charge on any atom is -0.349 e. The molecule has 1 aromatic rings. The van der Waals surface area contributed by atoms with E-state index in [0.717, 1.165) is 18.9 Å². The summed E-state index contributed by atoms with van der Waals surface area (Å²) in [4.78, 5) is 2.50. The third-order valence-electron chi connectivity index (χ3n) is 4.48. The van der Waals surface area contributed by atoms with Crippen LogP contribution in [0.25, 0.3) is 0 Å². The Morgan fingerprint density at radius 1 is 1.42 bits per heavy atom. The Hall–Kier alpha value is -1.03. The Balaban J connectivity index is 2.17. The molecule has 0 amide bonds.